The van der Waals surface area contributed by atoms with E-state index in [1.807, 2.05) is 30.9 Å². The molecule has 1 aromatic carbocycles. The highest BCUT2D eigenvalue weighted by Crippen LogP contribution is 2.46. The van der Waals surface area contributed by atoms with Crippen molar-refractivity contribution in [3.63, 3.8) is 0 Å². The van der Waals surface area contributed by atoms with Crippen molar-refractivity contribution < 1.29 is 23.8 Å². The lowest BCUT2D eigenvalue weighted by molar-refractivity contribution is -0.131. The summed E-state index contributed by atoms with van der Waals surface area (Å²) < 4.78 is 17.5. The standard InChI is InChI=1S/C24H29BrN2O5/c1-4-32-23-16(25)12-15(13-19(23)30-3)21-20(24(29)27-8-10-31-11-9-27)14(2)26-17-6-5-7-18(28)22(17)21/h12-13,21,26H,4-11H2,1-3H3/t21-/m0/s1. The minimum absolute atomic E-state index is 0.0582. The first-order valence-electron chi connectivity index (χ1n) is 11.1. The maximum atomic E-state index is 13.7. The molecule has 32 heavy (non-hydrogen) atoms. The summed E-state index contributed by atoms with van der Waals surface area (Å²) in [6, 6.07) is 3.83. The van der Waals surface area contributed by atoms with E-state index < -0.39 is 5.92 Å². The number of carbonyl (C=O) groups is 2. The number of morpholine rings is 1. The fraction of sp³-hybridized carbons (Fsp3) is 0.500. The number of dihydropyridines is 1. The Balaban J connectivity index is 1.86. The number of methoxy groups -OCH3 is 1. The Kier molecular flexibility index (Phi) is 6.90. The fourth-order valence-electron chi connectivity index (χ4n) is 4.73. The number of benzene rings is 1. The highest BCUT2D eigenvalue weighted by molar-refractivity contribution is 9.10. The highest BCUT2D eigenvalue weighted by atomic mass is 79.9. The van der Waals surface area contributed by atoms with Crippen molar-refractivity contribution in [2.75, 3.05) is 40.0 Å². The summed E-state index contributed by atoms with van der Waals surface area (Å²) >= 11 is 3.61. The van der Waals surface area contributed by atoms with E-state index in [2.05, 4.69) is 21.2 Å². The number of rotatable bonds is 5. The molecule has 0 aromatic heterocycles. The molecule has 3 aliphatic rings. The number of ether oxygens (including phenoxy) is 3. The summed E-state index contributed by atoms with van der Waals surface area (Å²) in [6.45, 7) is 6.45. The second kappa shape index (κ2) is 9.67. The molecule has 1 saturated heterocycles. The molecule has 0 saturated carbocycles. The van der Waals surface area contributed by atoms with Crippen molar-refractivity contribution in [1.29, 1.82) is 0 Å². The molecule has 1 N–H and O–H groups in total. The number of halogens is 1. The molecule has 1 amide bonds. The number of ketones is 1. The van der Waals surface area contributed by atoms with Gasteiger partial charge in [0.2, 0.25) is 0 Å². The minimum Gasteiger partial charge on any atom is -0.493 e. The minimum atomic E-state index is -0.463. The summed E-state index contributed by atoms with van der Waals surface area (Å²) in [7, 11) is 1.59. The van der Waals surface area contributed by atoms with Crippen LogP contribution in [0.1, 0.15) is 44.6 Å². The molecule has 0 radical (unpaired) electrons. The van der Waals surface area contributed by atoms with Crippen LogP contribution >= 0.6 is 15.9 Å². The average Bonchev–Trinajstić information content (AvgIpc) is 2.79. The summed E-state index contributed by atoms with van der Waals surface area (Å²) in [5.74, 6) is 0.745. The van der Waals surface area contributed by atoms with Crippen molar-refractivity contribution >= 4 is 27.6 Å². The Bertz CT molecular complexity index is 994. The smallest absolute Gasteiger partial charge is 0.252 e. The molecule has 4 rings (SSSR count). The van der Waals surface area contributed by atoms with Gasteiger partial charge in [-0.1, -0.05) is 0 Å². The van der Waals surface area contributed by atoms with Crippen LogP contribution in [0.25, 0.3) is 0 Å². The van der Waals surface area contributed by atoms with Crippen molar-refractivity contribution in [2.45, 2.75) is 39.0 Å². The highest BCUT2D eigenvalue weighted by Gasteiger charge is 2.40. The first kappa shape index (κ1) is 22.9. The molecule has 172 valence electrons. The van der Waals surface area contributed by atoms with Crippen LogP contribution in [0.3, 0.4) is 0 Å². The molecule has 0 unspecified atom stereocenters. The molecule has 0 spiro atoms. The SMILES string of the molecule is CCOc1c(Br)cc([C@H]2C(C(=O)N3CCOCC3)=C(C)NC3=C2C(=O)CCC3)cc1OC. The summed E-state index contributed by atoms with van der Waals surface area (Å²) in [5, 5.41) is 3.39. The number of allylic oxidation sites excluding steroid dienone is 3. The van der Waals surface area contributed by atoms with E-state index in [1.54, 1.807) is 7.11 Å². The quantitative estimate of drug-likeness (QED) is 0.658. The van der Waals surface area contributed by atoms with Crippen molar-refractivity contribution in [3.8, 4) is 11.5 Å². The molecule has 2 heterocycles. The molecule has 1 aromatic rings. The van der Waals surface area contributed by atoms with Gasteiger partial charge in [0.25, 0.3) is 5.91 Å². The van der Waals surface area contributed by atoms with E-state index in [0.717, 1.165) is 34.3 Å². The second-order valence-corrected chi connectivity index (χ2v) is 8.99. The van der Waals surface area contributed by atoms with Crippen LogP contribution in [0, 0.1) is 0 Å². The molecule has 1 aliphatic carbocycles. The average molecular weight is 505 g/mol. The molecule has 1 atom stereocenters. The van der Waals surface area contributed by atoms with Gasteiger partial charge >= 0.3 is 0 Å². The predicted octanol–water partition coefficient (Wildman–Crippen LogP) is 3.68. The van der Waals surface area contributed by atoms with E-state index in [0.29, 0.717) is 62.0 Å². The fourth-order valence-corrected chi connectivity index (χ4v) is 5.30. The summed E-state index contributed by atoms with van der Waals surface area (Å²) in [5.41, 5.74) is 3.85. The third kappa shape index (κ3) is 4.18. The Morgan fingerprint density at radius 2 is 2.03 bits per heavy atom. The maximum Gasteiger partial charge on any atom is 0.252 e. The normalized spacial score (nSPS) is 21.3. The topological polar surface area (TPSA) is 77.1 Å². The lowest BCUT2D eigenvalue weighted by Gasteiger charge is -2.37. The van der Waals surface area contributed by atoms with Crippen LogP contribution < -0.4 is 14.8 Å². The number of amides is 1. The van der Waals surface area contributed by atoms with Crippen LogP contribution in [0.4, 0.5) is 0 Å². The Hall–Kier alpha value is -2.32. The molecule has 7 nitrogen and oxygen atoms in total. The number of nitrogens with one attached hydrogen (secondary N) is 1. The first-order valence-corrected chi connectivity index (χ1v) is 11.9. The zero-order valence-corrected chi connectivity index (χ0v) is 20.3. The van der Waals surface area contributed by atoms with E-state index in [1.165, 1.54) is 0 Å². The Morgan fingerprint density at radius 3 is 2.72 bits per heavy atom. The number of hydrogen-bond acceptors (Lipinski definition) is 6. The second-order valence-electron chi connectivity index (χ2n) is 8.14. The van der Waals surface area contributed by atoms with Gasteiger partial charge in [0.15, 0.2) is 17.3 Å². The van der Waals surface area contributed by atoms with Gasteiger partial charge in [-0.05, 0) is 60.3 Å². The lowest BCUT2D eigenvalue weighted by Crippen LogP contribution is -2.44. The van der Waals surface area contributed by atoms with Crippen molar-refractivity contribution in [2.24, 2.45) is 0 Å². The van der Waals surface area contributed by atoms with Crippen LogP contribution in [0.15, 0.2) is 39.1 Å². The lowest BCUT2D eigenvalue weighted by atomic mass is 9.74. The van der Waals surface area contributed by atoms with Gasteiger partial charge in [-0.3, -0.25) is 9.59 Å². The molecule has 1 fully saturated rings. The number of nitrogens with zero attached hydrogens (tertiary/aromatic N) is 1. The van der Waals surface area contributed by atoms with Crippen molar-refractivity contribution in [1.82, 2.24) is 10.2 Å². The molecular formula is C24H29BrN2O5. The van der Waals surface area contributed by atoms with Gasteiger partial charge in [0, 0.05) is 48.0 Å². The molecule has 2 aliphatic heterocycles. The van der Waals surface area contributed by atoms with Gasteiger partial charge < -0.3 is 24.4 Å². The van der Waals surface area contributed by atoms with Gasteiger partial charge in [-0.25, -0.2) is 0 Å². The van der Waals surface area contributed by atoms with E-state index in [9.17, 15) is 9.59 Å². The number of hydrogen-bond donors (Lipinski definition) is 1. The molecule has 0 bridgehead atoms. The van der Waals surface area contributed by atoms with Crippen LogP contribution in [-0.4, -0.2) is 56.6 Å². The van der Waals surface area contributed by atoms with Gasteiger partial charge in [0.05, 0.1) is 31.4 Å². The third-order valence-electron chi connectivity index (χ3n) is 6.18. The van der Waals surface area contributed by atoms with Crippen LogP contribution in [0.2, 0.25) is 0 Å². The predicted molar refractivity (Wildman–Crippen MR) is 124 cm³/mol. The van der Waals surface area contributed by atoms with Crippen molar-refractivity contribution in [3.05, 3.63) is 44.7 Å². The van der Waals surface area contributed by atoms with E-state index in [4.69, 9.17) is 14.2 Å². The monoisotopic (exact) mass is 504 g/mol. The van der Waals surface area contributed by atoms with Gasteiger partial charge in [-0.15, -0.1) is 0 Å². The maximum absolute atomic E-state index is 13.7. The Morgan fingerprint density at radius 1 is 1.28 bits per heavy atom. The van der Waals surface area contributed by atoms with Gasteiger partial charge in [0.1, 0.15) is 0 Å². The number of carbonyl (C=O) groups excluding carboxylic acids is 2. The Labute approximate surface area is 196 Å². The summed E-state index contributed by atoms with van der Waals surface area (Å²) in [4.78, 5) is 28.7. The van der Waals surface area contributed by atoms with Gasteiger partial charge in [-0.2, -0.15) is 0 Å². The van der Waals surface area contributed by atoms with Crippen LogP contribution in [0.5, 0.6) is 11.5 Å². The van der Waals surface area contributed by atoms with E-state index >= 15 is 0 Å². The summed E-state index contributed by atoms with van der Waals surface area (Å²) in [6.07, 6.45) is 2.10. The number of Topliss-reactive ketones (excluding diaryl/α,β-unsaturated/α-hetero) is 1. The zero-order valence-electron chi connectivity index (χ0n) is 18.8. The van der Waals surface area contributed by atoms with Crippen LogP contribution in [-0.2, 0) is 14.3 Å². The first-order chi connectivity index (χ1) is 15.5. The zero-order chi connectivity index (χ0) is 22.8. The molecule has 8 heteroatoms. The third-order valence-corrected chi connectivity index (χ3v) is 6.77. The molecular weight excluding hydrogens is 476 g/mol. The largest absolute Gasteiger partial charge is 0.493 e. The van der Waals surface area contributed by atoms with E-state index in [-0.39, 0.29) is 11.7 Å².